The second-order valence-electron chi connectivity index (χ2n) is 7.16. The van der Waals surface area contributed by atoms with Crippen LogP contribution in [0.15, 0.2) is 78.9 Å². The van der Waals surface area contributed by atoms with Gasteiger partial charge in [-0.3, -0.25) is 0 Å². The molecule has 1 aliphatic carbocycles. The summed E-state index contributed by atoms with van der Waals surface area (Å²) in [6.45, 7) is 0.694. The normalized spacial score (nSPS) is 13.5. The summed E-state index contributed by atoms with van der Waals surface area (Å²) in [6.07, 6.45) is 0.287. The zero-order chi connectivity index (χ0) is 19.3. The Kier molecular flexibility index (Phi) is 5.40. The molecule has 1 atom stereocenters. The van der Waals surface area contributed by atoms with Gasteiger partial charge in [0.25, 0.3) is 0 Å². The van der Waals surface area contributed by atoms with Crippen LogP contribution in [0.5, 0.6) is 0 Å². The number of nitrogens with two attached hydrogens (primary N) is 1. The van der Waals surface area contributed by atoms with Gasteiger partial charge in [-0.15, -0.1) is 0 Å². The minimum Gasteiger partial charge on any atom is -0.449 e. The largest absolute Gasteiger partial charge is 0.449 e. The molecule has 4 rings (SSSR count). The van der Waals surface area contributed by atoms with Gasteiger partial charge in [0.15, 0.2) is 0 Å². The second kappa shape index (κ2) is 8.28. The second-order valence-corrected chi connectivity index (χ2v) is 7.16. The number of carbonyl (C=O) groups is 1. The summed E-state index contributed by atoms with van der Waals surface area (Å²) in [5.41, 5.74) is 12.1. The quantitative estimate of drug-likeness (QED) is 0.685. The van der Waals surface area contributed by atoms with Crippen LogP contribution in [-0.4, -0.2) is 25.3 Å². The molecule has 0 saturated carbocycles. The zero-order valence-electron chi connectivity index (χ0n) is 15.7. The van der Waals surface area contributed by atoms with E-state index in [0.717, 1.165) is 5.56 Å². The number of amides is 1. The highest BCUT2D eigenvalue weighted by molar-refractivity contribution is 5.79. The summed E-state index contributed by atoms with van der Waals surface area (Å²) in [6, 6.07) is 26.5. The minimum atomic E-state index is -0.426. The van der Waals surface area contributed by atoms with Crippen molar-refractivity contribution in [3.8, 4) is 11.1 Å². The molecule has 0 bridgehead atoms. The van der Waals surface area contributed by atoms with Crippen molar-refractivity contribution in [1.82, 2.24) is 5.32 Å². The molecule has 4 heteroatoms. The molecule has 0 fully saturated rings. The van der Waals surface area contributed by atoms with Crippen molar-refractivity contribution >= 4 is 6.09 Å². The first-order chi connectivity index (χ1) is 13.7. The zero-order valence-corrected chi connectivity index (χ0v) is 15.7. The van der Waals surface area contributed by atoms with Gasteiger partial charge in [0.05, 0.1) is 0 Å². The van der Waals surface area contributed by atoms with Gasteiger partial charge in [0, 0.05) is 18.5 Å². The molecule has 0 spiro atoms. The highest BCUT2D eigenvalue weighted by Gasteiger charge is 2.28. The van der Waals surface area contributed by atoms with Crippen LogP contribution in [0.25, 0.3) is 11.1 Å². The SMILES string of the molecule is N[C@@H](CNC(=O)OCC1c2ccccc2-c2ccccc21)Cc1ccccc1. The monoisotopic (exact) mass is 372 g/mol. The third kappa shape index (κ3) is 3.92. The molecule has 0 saturated heterocycles. The van der Waals surface area contributed by atoms with Gasteiger partial charge in [-0.1, -0.05) is 78.9 Å². The number of rotatable bonds is 6. The van der Waals surface area contributed by atoms with Gasteiger partial charge < -0.3 is 15.8 Å². The lowest BCUT2D eigenvalue weighted by Gasteiger charge is -2.16. The summed E-state index contributed by atoms with van der Waals surface area (Å²) in [7, 11) is 0. The highest BCUT2D eigenvalue weighted by Crippen LogP contribution is 2.44. The van der Waals surface area contributed by atoms with Gasteiger partial charge in [-0.05, 0) is 34.2 Å². The molecule has 0 radical (unpaired) electrons. The lowest BCUT2D eigenvalue weighted by atomic mass is 9.98. The Balaban J connectivity index is 1.33. The number of ether oxygens (including phenoxy) is 1. The fraction of sp³-hybridized carbons (Fsp3) is 0.208. The first-order valence-electron chi connectivity index (χ1n) is 9.60. The molecule has 1 aliphatic rings. The summed E-state index contributed by atoms with van der Waals surface area (Å²) in [5.74, 6) is 0.0659. The Labute approximate surface area is 165 Å². The number of benzene rings is 3. The van der Waals surface area contributed by atoms with Crippen LogP contribution in [-0.2, 0) is 11.2 Å². The predicted molar refractivity (Wildman–Crippen MR) is 111 cm³/mol. The Morgan fingerprint density at radius 2 is 1.46 bits per heavy atom. The van der Waals surface area contributed by atoms with Crippen LogP contribution >= 0.6 is 0 Å². The van der Waals surface area contributed by atoms with E-state index in [-0.39, 0.29) is 12.0 Å². The van der Waals surface area contributed by atoms with E-state index in [0.29, 0.717) is 19.6 Å². The number of carbonyl (C=O) groups excluding carboxylic acids is 1. The smallest absolute Gasteiger partial charge is 0.407 e. The van der Waals surface area contributed by atoms with Crippen LogP contribution in [0.3, 0.4) is 0 Å². The summed E-state index contributed by atoms with van der Waals surface area (Å²) < 4.78 is 5.53. The summed E-state index contributed by atoms with van der Waals surface area (Å²) >= 11 is 0. The van der Waals surface area contributed by atoms with Crippen molar-refractivity contribution in [3.63, 3.8) is 0 Å². The Morgan fingerprint density at radius 3 is 2.11 bits per heavy atom. The molecule has 3 aromatic rings. The Hall–Kier alpha value is -3.11. The van der Waals surface area contributed by atoms with Crippen LogP contribution in [0, 0.1) is 0 Å². The van der Waals surface area contributed by atoms with Gasteiger partial charge in [0.1, 0.15) is 6.61 Å². The molecule has 28 heavy (non-hydrogen) atoms. The van der Waals surface area contributed by atoms with E-state index >= 15 is 0 Å². The first kappa shape index (κ1) is 18.3. The lowest BCUT2D eigenvalue weighted by Crippen LogP contribution is -2.39. The maximum absolute atomic E-state index is 12.2. The van der Waals surface area contributed by atoms with Gasteiger partial charge in [0.2, 0.25) is 0 Å². The van der Waals surface area contributed by atoms with Crippen LogP contribution in [0.2, 0.25) is 0 Å². The molecule has 0 aromatic heterocycles. The first-order valence-corrected chi connectivity index (χ1v) is 9.60. The molecular formula is C24H24N2O2. The average molecular weight is 372 g/mol. The standard InChI is InChI=1S/C24H24N2O2/c25-18(14-17-8-2-1-3-9-17)15-26-24(27)28-16-23-21-12-6-4-10-19(21)20-11-5-7-13-22(20)23/h1-13,18,23H,14-16,25H2,(H,26,27)/t18-/m1/s1. The maximum atomic E-state index is 12.2. The van der Waals surface area contributed by atoms with Gasteiger partial charge in [-0.2, -0.15) is 0 Å². The number of alkyl carbamates (subject to hydrolysis) is 1. The molecule has 0 aliphatic heterocycles. The van der Waals surface area contributed by atoms with Crippen LogP contribution in [0.1, 0.15) is 22.6 Å². The van der Waals surface area contributed by atoms with Crippen molar-refractivity contribution in [2.24, 2.45) is 5.73 Å². The van der Waals surface area contributed by atoms with Crippen LogP contribution in [0.4, 0.5) is 4.79 Å². The molecule has 142 valence electrons. The topological polar surface area (TPSA) is 64.3 Å². The Bertz CT molecular complexity index is 910. The molecule has 4 nitrogen and oxygen atoms in total. The van der Waals surface area contributed by atoms with Gasteiger partial charge in [-0.25, -0.2) is 4.79 Å². The molecule has 0 unspecified atom stereocenters. The lowest BCUT2D eigenvalue weighted by molar-refractivity contribution is 0.142. The average Bonchev–Trinajstić information content (AvgIpc) is 3.05. The van der Waals surface area contributed by atoms with Crippen LogP contribution < -0.4 is 11.1 Å². The fourth-order valence-electron chi connectivity index (χ4n) is 3.85. The molecule has 0 heterocycles. The predicted octanol–water partition coefficient (Wildman–Crippen LogP) is 4.10. The third-order valence-corrected chi connectivity index (χ3v) is 5.19. The van der Waals surface area contributed by atoms with Crippen molar-refractivity contribution in [2.75, 3.05) is 13.2 Å². The minimum absolute atomic E-state index is 0.0659. The van der Waals surface area contributed by atoms with Crippen molar-refractivity contribution in [3.05, 3.63) is 95.6 Å². The van der Waals surface area contributed by atoms with E-state index < -0.39 is 6.09 Å². The fourth-order valence-corrected chi connectivity index (χ4v) is 3.85. The van der Waals surface area contributed by atoms with Crippen molar-refractivity contribution in [2.45, 2.75) is 18.4 Å². The third-order valence-electron chi connectivity index (χ3n) is 5.19. The molecule has 3 aromatic carbocycles. The Morgan fingerprint density at radius 1 is 0.893 bits per heavy atom. The van der Waals surface area contributed by atoms with E-state index in [2.05, 4.69) is 29.6 Å². The van der Waals surface area contributed by atoms with E-state index in [1.807, 2.05) is 54.6 Å². The molecule has 1 amide bonds. The number of hydrogen-bond donors (Lipinski definition) is 2. The van der Waals surface area contributed by atoms with E-state index in [4.69, 9.17) is 10.5 Å². The van der Waals surface area contributed by atoms with E-state index in [1.54, 1.807) is 0 Å². The van der Waals surface area contributed by atoms with E-state index in [9.17, 15) is 4.79 Å². The van der Waals surface area contributed by atoms with Crippen molar-refractivity contribution < 1.29 is 9.53 Å². The number of hydrogen-bond acceptors (Lipinski definition) is 3. The number of nitrogens with one attached hydrogen (secondary N) is 1. The number of fused-ring (bicyclic) bond motifs is 3. The molecule has 3 N–H and O–H groups in total. The highest BCUT2D eigenvalue weighted by atomic mass is 16.5. The summed E-state index contributed by atoms with van der Waals surface area (Å²) in [4.78, 5) is 12.2. The molecular weight excluding hydrogens is 348 g/mol. The van der Waals surface area contributed by atoms with Gasteiger partial charge >= 0.3 is 6.09 Å². The maximum Gasteiger partial charge on any atom is 0.407 e. The van der Waals surface area contributed by atoms with E-state index in [1.165, 1.54) is 22.3 Å². The van der Waals surface area contributed by atoms with Crippen molar-refractivity contribution in [1.29, 1.82) is 0 Å². The summed E-state index contributed by atoms with van der Waals surface area (Å²) in [5, 5.41) is 2.79.